The molecule has 10 aliphatic carbocycles. The minimum atomic E-state index is -5.47. The molecule has 0 amide bonds. The van der Waals surface area contributed by atoms with Crippen molar-refractivity contribution < 1.29 is 106 Å². The van der Waals surface area contributed by atoms with Gasteiger partial charge in [-0.1, -0.05) is 84.2 Å². The molecule has 17 atom stereocenters. The lowest BCUT2D eigenvalue weighted by Crippen LogP contribution is -2.51. The molecule has 100 heavy (non-hydrogen) atoms. The molecule has 17 unspecified atom stereocenters. The van der Waals surface area contributed by atoms with E-state index in [9.17, 15) is 82.7 Å². The number of esters is 1. The summed E-state index contributed by atoms with van der Waals surface area (Å²) in [6.07, 6.45) is 18.5. The number of sulfonamides is 1. The van der Waals surface area contributed by atoms with Gasteiger partial charge in [0.1, 0.15) is 25.8 Å². The zero-order valence-electron chi connectivity index (χ0n) is 60.2. The molecule has 13 nitrogen and oxygen atoms in total. The number of ether oxygens (including phenoxy) is 2. The molecular weight excluding hydrogens is 1470 g/mol. The van der Waals surface area contributed by atoms with E-state index < -0.39 is 106 Å². The predicted octanol–water partition coefficient (Wildman–Crippen LogP) is 14.3. The summed E-state index contributed by atoms with van der Waals surface area (Å²) in [7, 11) is 3.67. The minimum Gasteiger partial charge on any atom is -0.462 e. The summed E-state index contributed by atoms with van der Waals surface area (Å²) in [4.78, 5) is 12.0. The fraction of sp³-hybridized carbons (Fsp3) is 0.794. The first kappa shape index (κ1) is 91.2. The van der Waals surface area contributed by atoms with E-state index >= 15 is 0 Å². The van der Waals surface area contributed by atoms with Crippen LogP contribution in [-0.2, 0) is 76.8 Å². The van der Waals surface area contributed by atoms with Crippen LogP contribution < -0.4 is 4.72 Å². The van der Waals surface area contributed by atoms with Crippen molar-refractivity contribution in [1.82, 2.24) is 4.72 Å². The summed E-state index contributed by atoms with van der Waals surface area (Å²) >= 11 is 4.81. The van der Waals surface area contributed by atoms with E-state index in [4.69, 9.17) is 35.5 Å². The van der Waals surface area contributed by atoms with Gasteiger partial charge in [0.2, 0.25) is 10.0 Å². The van der Waals surface area contributed by atoms with E-state index in [0.717, 1.165) is 98.5 Å². The first-order valence-corrected chi connectivity index (χ1v) is 41.7. The Kier molecular flexibility index (Phi) is 37.6. The van der Waals surface area contributed by atoms with E-state index in [0.29, 0.717) is 48.1 Å². The van der Waals surface area contributed by atoms with Gasteiger partial charge in [-0.2, -0.15) is 61.9 Å². The van der Waals surface area contributed by atoms with Gasteiger partial charge in [-0.25, -0.2) is 30.0 Å². The van der Waals surface area contributed by atoms with E-state index in [1.807, 2.05) is 18.2 Å². The summed E-state index contributed by atoms with van der Waals surface area (Å²) in [6, 6.07) is 0. The molecule has 0 aromatic rings. The summed E-state index contributed by atoms with van der Waals surface area (Å²) < 4.78 is 282. The van der Waals surface area contributed by atoms with Crippen molar-refractivity contribution in [1.29, 1.82) is 9.13 Å². The number of allylic oxidation sites excluding steroid dienone is 10. The number of rotatable bonds is 20. The SMILES string of the molecule is CC(CC(C)(C(F)(F)F)C(F)(F)F)OC(=O)C1CC2C=CC1C2.CC(COCC1CC2C=CC1C2)(C(F)(F)F)C(F)(F)F.CS(=O)(=O)CCC1CC2C=CC1C2.CS(=O)(=O)CCCCC1CC2C=CC1C2.CS(=O)(=O)NCCC1CC2C=CC1C2.[3H]F.[3H]F.[3H]F.[B]N=S.[B]N=S=C.[B]S(=C)(C)=N. The minimum absolute atomic E-state index is 0.0173. The Balaban J connectivity index is 0.00000120. The Labute approximate surface area is 599 Å². The van der Waals surface area contributed by atoms with Crippen LogP contribution in [0, 0.1) is 104 Å². The highest BCUT2D eigenvalue weighted by Gasteiger charge is 2.69. The molecule has 5 fully saturated rings. The summed E-state index contributed by atoms with van der Waals surface area (Å²) in [5, 5.41) is 0. The van der Waals surface area contributed by atoms with Crippen molar-refractivity contribution in [2.75, 3.05) is 56.3 Å². The average Bonchev–Trinajstić information content (AvgIpc) is 1.78. The number of hydrogen-bond acceptors (Lipinski definition) is 13. The van der Waals surface area contributed by atoms with Crippen LogP contribution in [0.1, 0.15) is 124 Å². The van der Waals surface area contributed by atoms with Gasteiger partial charge in [0.05, 0.1) is 31.1 Å². The zero-order chi connectivity index (χ0) is 80.0. The predicted molar refractivity (Wildman–Crippen MR) is 376 cm³/mol. The van der Waals surface area contributed by atoms with E-state index in [-0.39, 0.29) is 44.1 Å². The Hall–Kier alpha value is -2.99. The number of hydrogen-bond donors (Lipinski definition) is 2. The molecule has 0 heterocycles. The van der Waals surface area contributed by atoms with E-state index in [1.165, 1.54) is 63.7 Å². The molecule has 0 aromatic heterocycles. The fourth-order valence-corrected chi connectivity index (χ4v) is 16.4. The smallest absolute Gasteiger partial charge is 0.405 e. The number of nitrogens with one attached hydrogen (secondary N) is 2. The van der Waals surface area contributed by atoms with Crippen molar-refractivity contribution in [3.05, 3.63) is 60.8 Å². The molecule has 5 saturated carbocycles. The first-order chi connectivity index (χ1) is 47.4. The number of carbonyl (C=O) groups excluding carboxylic acids is 1. The van der Waals surface area contributed by atoms with Crippen molar-refractivity contribution in [2.24, 2.45) is 108 Å². The molecule has 10 aliphatic rings. The highest BCUT2D eigenvalue weighted by molar-refractivity contribution is 8.19. The van der Waals surface area contributed by atoms with Crippen LogP contribution in [0.5, 0.6) is 0 Å². The van der Waals surface area contributed by atoms with E-state index in [2.05, 4.69) is 100 Å². The highest BCUT2D eigenvalue weighted by atomic mass is 32.2. The number of carbonyl (C=O) groups is 1. The third-order valence-electron chi connectivity index (χ3n) is 19.6. The summed E-state index contributed by atoms with van der Waals surface area (Å²) in [5.41, 5.74) is -7.72. The zero-order valence-corrected chi connectivity index (χ0v) is 62.1. The molecule has 37 heteroatoms. The molecule has 10 bridgehead atoms. The molecule has 6 radical (unpaired) electrons. The average molecular weight is 1570 g/mol. The maximum Gasteiger partial charge on any atom is 0.405 e. The van der Waals surface area contributed by atoms with Crippen molar-refractivity contribution in [3.63, 3.8) is 0 Å². The van der Waals surface area contributed by atoms with Gasteiger partial charge < -0.3 is 13.7 Å². The van der Waals surface area contributed by atoms with Crippen LogP contribution in [0.25, 0.3) is 0 Å². The van der Waals surface area contributed by atoms with Gasteiger partial charge in [0.15, 0.2) is 18.0 Å². The summed E-state index contributed by atoms with van der Waals surface area (Å²) in [6.45, 7) is 0.480. The lowest BCUT2D eigenvalue weighted by molar-refractivity contribution is -0.346. The maximum atomic E-state index is 12.9. The number of nitrogens with zero attached hydrogens (tertiary/aromatic N) is 2. The van der Waals surface area contributed by atoms with Crippen LogP contribution in [-0.4, -0.2) is 157 Å². The van der Waals surface area contributed by atoms with Crippen LogP contribution in [0.2, 0.25) is 0 Å². The number of fused-ring (bicyclic) bond motifs is 10. The summed E-state index contributed by atoms with van der Waals surface area (Å²) in [5.74, 6) is 13.8. The number of sulfone groups is 2. The molecule has 574 valence electrons. The van der Waals surface area contributed by atoms with Gasteiger partial charge in [-0.3, -0.25) is 28.0 Å². The van der Waals surface area contributed by atoms with Crippen molar-refractivity contribution >= 4 is 103 Å². The molecule has 0 aromatic carbocycles. The van der Waals surface area contributed by atoms with Crippen LogP contribution in [0.4, 0.5) is 66.8 Å². The normalized spacial score (nSPS) is 29.1. The molecular formula is C63H98B3F15N4O9S6. The Morgan fingerprint density at radius 3 is 1.22 bits per heavy atom. The standard InChI is InChI=1S/C15H18F6O2.C13H16F6O.C12H20O2S.C10H17NO2S.C10H16O2S.C2H6BNS.CH2BNS.BNS.3FH/c1-8(7-13(2,14(16,17)18)15(19,20)21)23-12(22)11-6-9-3-4-10(11)5-9;1-11(12(14,15)16,13(17,18)19)7-20-6-10-5-8-2-3-9(10)4-8;1-15(13,14)7-3-2-4-11-8-10-5-6-12(11)9-10;1-14(12,13)11-5-4-10-7-8-2-3-9(10)6-8;1-13(11,12)5-4-10-7-8-2-3-9(10)6-8;1-5(2,3)4;1-4-3-2;1-2-3;;;/h3-4,8-11H,5-7H2,1-2H3;2-3,8-10H,4-7H2,1H3;5-6,10-12H,2-4,7-9H2,1H3;2-3,8-11H,4-7H2,1H3;2-3,8-10H,4-7H2,1H3;4H,1H2,2H3;1H2;;3*1H/i/hT3. The van der Waals surface area contributed by atoms with E-state index in [1.54, 1.807) is 6.26 Å². The number of unbranched alkanes of at least 4 members (excludes halogenated alkanes) is 1. The maximum absolute atomic E-state index is 12.9. The first-order valence-electron chi connectivity index (χ1n) is 33.2. The molecule has 0 aliphatic heterocycles. The Morgan fingerprint density at radius 2 is 0.930 bits per heavy atom. The third-order valence-corrected chi connectivity index (χ3v) is 22.5. The Morgan fingerprint density at radius 1 is 0.600 bits per heavy atom. The quantitative estimate of drug-likeness (QED) is 0.0295. The largest absolute Gasteiger partial charge is 0.462 e. The van der Waals surface area contributed by atoms with Crippen LogP contribution in [0.15, 0.2) is 69.3 Å². The van der Waals surface area contributed by atoms with Crippen molar-refractivity contribution in [2.45, 2.75) is 154 Å². The number of halogens is 15. The third kappa shape index (κ3) is 32.8. The van der Waals surface area contributed by atoms with Gasteiger partial charge >= 0.3 is 30.7 Å². The highest BCUT2D eigenvalue weighted by Crippen LogP contribution is 2.55. The lowest BCUT2D eigenvalue weighted by atomic mass is 9.83. The lowest BCUT2D eigenvalue weighted by Gasteiger charge is -2.35. The van der Waals surface area contributed by atoms with Gasteiger partial charge in [-0.15, -0.1) is 0 Å². The topological polar surface area (TPSA) is 199 Å². The molecule has 10 rings (SSSR count). The second kappa shape index (κ2) is 41.2. The van der Waals surface area contributed by atoms with Crippen molar-refractivity contribution in [3.8, 4) is 0 Å². The second-order valence-corrected chi connectivity index (χ2v) is 37.5. The second-order valence-electron chi connectivity index (χ2n) is 28.2. The monoisotopic (exact) mass is 1570 g/mol. The van der Waals surface area contributed by atoms with Crippen LogP contribution >= 0.6 is 0 Å². The Bertz CT molecular complexity index is 3210. The van der Waals surface area contributed by atoms with Gasteiger partial charge in [0.25, 0.3) is 20.3 Å². The van der Waals surface area contributed by atoms with Crippen LogP contribution in [0.3, 0.4) is 0 Å². The fourth-order valence-electron chi connectivity index (χ4n) is 14.4. The van der Waals surface area contributed by atoms with Gasteiger partial charge in [0, 0.05) is 43.7 Å². The molecule has 0 spiro atoms. The molecule has 0 saturated heterocycles. The number of alkyl halides is 12. The van der Waals surface area contributed by atoms with Gasteiger partial charge in [-0.05, 0) is 206 Å². The molecule has 2 N–H and O–H groups in total.